The summed E-state index contributed by atoms with van der Waals surface area (Å²) in [5.41, 5.74) is 2.18. The molecule has 4 amide bonds. The Balaban J connectivity index is 1.69. The Kier molecular flexibility index (Phi) is 7.96. The highest BCUT2D eigenvalue weighted by molar-refractivity contribution is 6.39. The number of halogens is 2. The smallest absolute Gasteiger partial charge is 0.335 e. The first kappa shape index (κ1) is 26.0. The molecule has 0 bridgehead atoms. The summed E-state index contributed by atoms with van der Waals surface area (Å²) in [6.07, 6.45) is 3.55. The molecule has 1 aliphatic rings. The number of anilines is 1. The number of barbiturate groups is 1. The van der Waals surface area contributed by atoms with E-state index in [0.29, 0.717) is 33.5 Å². The van der Waals surface area contributed by atoms with Gasteiger partial charge in [-0.3, -0.25) is 14.9 Å². The number of ether oxygens (including phenoxy) is 2. The van der Waals surface area contributed by atoms with E-state index in [4.69, 9.17) is 32.7 Å². The Hall–Kier alpha value is -4.07. The molecule has 1 fully saturated rings. The van der Waals surface area contributed by atoms with Crippen molar-refractivity contribution in [2.45, 2.75) is 13.0 Å². The highest BCUT2D eigenvalue weighted by Gasteiger charge is 2.37. The Morgan fingerprint density at radius 1 is 1.00 bits per heavy atom. The zero-order valence-electron chi connectivity index (χ0n) is 19.8. The SMILES string of the molecule is C=CCc1cc(/C=C2\C(=O)NC(=O)N(c3cccc(Cl)c3)C2=O)cc(OC)c1OCc1ccc(Cl)cc1. The second-order valence-corrected chi connectivity index (χ2v) is 8.93. The number of hydrogen-bond donors (Lipinski definition) is 1. The predicted molar refractivity (Wildman–Crippen MR) is 143 cm³/mol. The number of amides is 4. The number of imide groups is 2. The lowest BCUT2D eigenvalue weighted by Crippen LogP contribution is -2.54. The van der Waals surface area contributed by atoms with Gasteiger partial charge in [-0.15, -0.1) is 6.58 Å². The molecule has 1 aliphatic heterocycles. The Labute approximate surface area is 223 Å². The number of methoxy groups -OCH3 is 1. The van der Waals surface area contributed by atoms with Gasteiger partial charge in [-0.2, -0.15) is 0 Å². The third-order valence-electron chi connectivity index (χ3n) is 5.51. The molecule has 1 heterocycles. The maximum atomic E-state index is 13.2. The van der Waals surface area contributed by atoms with Crippen molar-refractivity contribution in [1.29, 1.82) is 0 Å². The Morgan fingerprint density at radius 3 is 2.43 bits per heavy atom. The molecule has 0 saturated carbocycles. The summed E-state index contributed by atoms with van der Waals surface area (Å²) in [5.74, 6) is -0.662. The molecule has 0 aromatic heterocycles. The van der Waals surface area contributed by atoms with Gasteiger partial charge < -0.3 is 9.47 Å². The zero-order valence-corrected chi connectivity index (χ0v) is 21.3. The lowest BCUT2D eigenvalue weighted by atomic mass is 10.0. The topological polar surface area (TPSA) is 84.9 Å². The maximum absolute atomic E-state index is 13.2. The van der Waals surface area contributed by atoms with Crippen LogP contribution >= 0.6 is 23.2 Å². The number of rotatable bonds is 8. The van der Waals surface area contributed by atoms with E-state index >= 15 is 0 Å². The summed E-state index contributed by atoms with van der Waals surface area (Å²) < 4.78 is 11.6. The van der Waals surface area contributed by atoms with Crippen LogP contribution in [0.3, 0.4) is 0 Å². The van der Waals surface area contributed by atoms with Gasteiger partial charge in [0.05, 0.1) is 12.8 Å². The van der Waals surface area contributed by atoms with Crippen LogP contribution < -0.4 is 19.7 Å². The second kappa shape index (κ2) is 11.3. The zero-order chi connectivity index (χ0) is 26.5. The van der Waals surface area contributed by atoms with Crippen molar-refractivity contribution in [3.05, 3.63) is 106 Å². The van der Waals surface area contributed by atoms with E-state index in [2.05, 4.69) is 11.9 Å². The summed E-state index contributed by atoms with van der Waals surface area (Å²) >= 11 is 12.0. The van der Waals surface area contributed by atoms with Gasteiger partial charge in [0.2, 0.25) is 0 Å². The quantitative estimate of drug-likeness (QED) is 0.217. The fourth-order valence-corrected chi connectivity index (χ4v) is 4.11. The van der Waals surface area contributed by atoms with E-state index in [1.165, 1.54) is 19.3 Å². The van der Waals surface area contributed by atoms with E-state index in [1.807, 2.05) is 12.1 Å². The minimum absolute atomic E-state index is 0.221. The summed E-state index contributed by atoms with van der Waals surface area (Å²) in [6.45, 7) is 4.08. The average Bonchev–Trinajstić information content (AvgIpc) is 2.86. The lowest BCUT2D eigenvalue weighted by molar-refractivity contribution is -0.122. The number of urea groups is 1. The van der Waals surface area contributed by atoms with E-state index in [0.717, 1.165) is 16.0 Å². The molecule has 37 heavy (non-hydrogen) atoms. The third-order valence-corrected chi connectivity index (χ3v) is 6.00. The molecule has 0 atom stereocenters. The van der Waals surface area contributed by atoms with Crippen molar-refractivity contribution in [2.75, 3.05) is 12.0 Å². The first-order valence-electron chi connectivity index (χ1n) is 11.2. The van der Waals surface area contributed by atoms with Gasteiger partial charge in [0.15, 0.2) is 11.5 Å². The van der Waals surface area contributed by atoms with Crippen molar-refractivity contribution < 1.29 is 23.9 Å². The Morgan fingerprint density at radius 2 is 1.76 bits per heavy atom. The summed E-state index contributed by atoms with van der Waals surface area (Å²) in [4.78, 5) is 39.2. The van der Waals surface area contributed by atoms with Crippen LogP contribution in [-0.4, -0.2) is 25.0 Å². The largest absolute Gasteiger partial charge is 0.493 e. The molecule has 0 spiro atoms. The number of nitrogens with zero attached hydrogens (tertiary/aromatic N) is 1. The molecular formula is C28H22Cl2N2O5. The van der Waals surface area contributed by atoms with Crippen molar-refractivity contribution in [2.24, 2.45) is 0 Å². The Bertz CT molecular complexity index is 1420. The highest BCUT2D eigenvalue weighted by atomic mass is 35.5. The van der Waals surface area contributed by atoms with Gasteiger partial charge in [-0.05, 0) is 66.1 Å². The number of hydrogen-bond acceptors (Lipinski definition) is 5. The van der Waals surface area contributed by atoms with Gasteiger partial charge in [0, 0.05) is 15.6 Å². The minimum Gasteiger partial charge on any atom is -0.493 e. The van der Waals surface area contributed by atoms with Crippen molar-refractivity contribution >= 4 is 52.8 Å². The van der Waals surface area contributed by atoms with E-state index in [1.54, 1.807) is 48.5 Å². The van der Waals surface area contributed by atoms with Crippen molar-refractivity contribution in [1.82, 2.24) is 5.32 Å². The van der Waals surface area contributed by atoms with E-state index in [-0.39, 0.29) is 17.9 Å². The molecular weight excluding hydrogens is 515 g/mol. The average molecular weight is 537 g/mol. The lowest BCUT2D eigenvalue weighted by Gasteiger charge is -2.26. The number of carbonyl (C=O) groups excluding carboxylic acids is 3. The molecule has 1 N–H and O–H groups in total. The van der Waals surface area contributed by atoms with Crippen molar-refractivity contribution in [3.8, 4) is 11.5 Å². The summed E-state index contributed by atoms with van der Waals surface area (Å²) in [6, 6.07) is 16.1. The molecule has 3 aromatic carbocycles. The van der Waals surface area contributed by atoms with Gasteiger partial charge in [0.1, 0.15) is 12.2 Å². The first-order chi connectivity index (χ1) is 17.8. The molecule has 3 aromatic rings. The predicted octanol–water partition coefficient (Wildman–Crippen LogP) is 5.98. The number of carbonyl (C=O) groups is 3. The molecule has 0 radical (unpaired) electrons. The molecule has 9 heteroatoms. The maximum Gasteiger partial charge on any atom is 0.335 e. The summed E-state index contributed by atoms with van der Waals surface area (Å²) in [7, 11) is 1.50. The molecule has 0 unspecified atom stereocenters. The van der Waals surface area contributed by atoms with Crippen LogP contribution in [0.4, 0.5) is 10.5 Å². The number of benzene rings is 3. The van der Waals surface area contributed by atoms with Crippen LogP contribution in [0.2, 0.25) is 10.0 Å². The number of allylic oxidation sites excluding steroid dienone is 1. The molecule has 188 valence electrons. The van der Waals surface area contributed by atoms with Crippen LogP contribution in [0.5, 0.6) is 11.5 Å². The van der Waals surface area contributed by atoms with Crippen LogP contribution in [0, 0.1) is 0 Å². The third kappa shape index (κ3) is 5.85. The van der Waals surface area contributed by atoms with Gasteiger partial charge in [0.25, 0.3) is 11.8 Å². The van der Waals surface area contributed by atoms with Gasteiger partial charge in [-0.1, -0.05) is 47.5 Å². The molecule has 0 aliphatic carbocycles. The normalized spacial score (nSPS) is 14.5. The van der Waals surface area contributed by atoms with Gasteiger partial charge in [-0.25, -0.2) is 9.69 Å². The highest BCUT2D eigenvalue weighted by Crippen LogP contribution is 2.35. The van der Waals surface area contributed by atoms with Crippen LogP contribution in [-0.2, 0) is 22.6 Å². The van der Waals surface area contributed by atoms with Gasteiger partial charge >= 0.3 is 6.03 Å². The first-order valence-corrected chi connectivity index (χ1v) is 11.9. The molecule has 7 nitrogen and oxygen atoms in total. The monoisotopic (exact) mass is 536 g/mol. The standard InChI is InChI=1S/C28H22Cl2N2O5/c1-3-5-19-12-18(14-24(36-2)25(19)37-16-17-8-10-20(29)11-9-17)13-23-26(33)31-28(35)32(27(23)34)22-7-4-6-21(30)15-22/h3-4,6-15H,1,5,16H2,2H3,(H,31,33,35)/b23-13+. The van der Waals surface area contributed by atoms with Crippen LogP contribution in [0.1, 0.15) is 16.7 Å². The second-order valence-electron chi connectivity index (χ2n) is 8.06. The number of nitrogens with one attached hydrogen (secondary N) is 1. The molecule has 4 rings (SSSR count). The minimum atomic E-state index is -0.856. The fourth-order valence-electron chi connectivity index (χ4n) is 3.80. The van der Waals surface area contributed by atoms with Crippen LogP contribution in [0.25, 0.3) is 6.08 Å². The molecule has 1 saturated heterocycles. The summed E-state index contributed by atoms with van der Waals surface area (Å²) in [5, 5.41) is 3.17. The fraction of sp³-hybridized carbons (Fsp3) is 0.107. The van der Waals surface area contributed by atoms with E-state index in [9.17, 15) is 14.4 Å². The van der Waals surface area contributed by atoms with Crippen molar-refractivity contribution in [3.63, 3.8) is 0 Å². The van der Waals surface area contributed by atoms with Crippen LogP contribution in [0.15, 0.2) is 78.9 Å². The van der Waals surface area contributed by atoms with E-state index < -0.39 is 17.8 Å².